The van der Waals surface area contributed by atoms with E-state index in [4.69, 9.17) is 5.26 Å². The van der Waals surface area contributed by atoms with Gasteiger partial charge in [-0.2, -0.15) is 5.26 Å². The van der Waals surface area contributed by atoms with Crippen LogP contribution in [0.25, 0.3) is 11.1 Å². The highest BCUT2D eigenvalue weighted by molar-refractivity contribution is 5.84. The van der Waals surface area contributed by atoms with Crippen LogP contribution in [0.1, 0.15) is 38.7 Å². The van der Waals surface area contributed by atoms with Gasteiger partial charge in [-0.15, -0.1) is 0 Å². The van der Waals surface area contributed by atoms with E-state index in [1.54, 1.807) is 6.92 Å². The number of rotatable bonds is 6. The molecule has 2 aromatic carbocycles. The zero-order valence-corrected chi connectivity index (χ0v) is 14.5. The predicted octanol–water partition coefficient (Wildman–Crippen LogP) is 4.51. The van der Waals surface area contributed by atoms with Crippen molar-refractivity contribution in [1.29, 1.82) is 5.26 Å². The number of hydrogen-bond acceptors (Lipinski definition) is 2. The second-order valence-corrected chi connectivity index (χ2v) is 6.53. The standard InChI is InChI=1S/C21H24N2O/c1-15(2)12-20(21(24)23-16(3)14-22)19-11-7-10-18(13-19)17-8-5-4-6-9-17/h4-11,13,15-16,20H,12H2,1-3H3,(H,23,24)/t16-,20?/m0/s1. The molecule has 0 aliphatic rings. The van der Waals surface area contributed by atoms with Gasteiger partial charge in [0.1, 0.15) is 6.04 Å². The van der Waals surface area contributed by atoms with Crippen molar-refractivity contribution >= 4 is 5.91 Å². The maximum atomic E-state index is 12.6. The fraction of sp³-hybridized carbons (Fsp3) is 0.333. The molecule has 1 unspecified atom stereocenters. The number of benzene rings is 2. The average Bonchev–Trinajstić information content (AvgIpc) is 2.60. The Morgan fingerprint density at radius 2 is 1.71 bits per heavy atom. The monoisotopic (exact) mass is 320 g/mol. The number of carbonyl (C=O) groups is 1. The molecule has 3 heteroatoms. The first kappa shape index (κ1) is 17.7. The Morgan fingerprint density at radius 3 is 2.33 bits per heavy atom. The highest BCUT2D eigenvalue weighted by Crippen LogP contribution is 2.28. The quantitative estimate of drug-likeness (QED) is 0.851. The number of nitrogens with one attached hydrogen (secondary N) is 1. The summed E-state index contributed by atoms with van der Waals surface area (Å²) in [5.74, 6) is 0.0611. The molecule has 0 radical (unpaired) electrons. The summed E-state index contributed by atoms with van der Waals surface area (Å²) in [6, 6.07) is 19.8. The van der Waals surface area contributed by atoms with Crippen LogP contribution in [0, 0.1) is 17.2 Å². The van der Waals surface area contributed by atoms with E-state index in [0.717, 1.165) is 23.1 Å². The fourth-order valence-electron chi connectivity index (χ4n) is 2.78. The second kappa shape index (κ2) is 8.31. The first-order valence-corrected chi connectivity index (χ1v) is 8.36. The zero-order valence-electron chi connectivity index (χ0n) is 14.5. The third-order valence-corrected chi connectivity index (χ3v) is 3.97. The molecule has 0 bridgehead atoms. The van der Waals surface area contributed by atoms with E-state index in [9.17, 15) is 4.79 Å². The highest BCUT2D eigenvalue weighted by Gasteiger charge is 2.23. The Morgan fingerprint density at radius 1 is 1.04 bits per heavy atom. The van der Waals surface area contributed by atoms with Gasteiger partial charge in [-0.1, -0.05) is 68.4 Å². The van der Waals surface area contributed by atoms with Crippen molar-refractivity contribution in [3.63, 3.8) is 0 Å². The van der Waals surface area contributed by atoms with Gasteiger partial charge in [-0.3, -0.25) is 4.79 Å². The summed E-state index contributed by atoms with van der Waals surface area (Å²) < 4.78 is 0. The third kappa shape index (κ3) is 4.70. The molecule has 0 saturated heterocycles. The predicted molar refractivity (Wildman–Crippen MR) is 97.3 cm³/mol. The van der Waals surface area contributed by atoms with Crippen LogP contribution >= 0.6 is 0 Å². The van der Waals surface area contributed by atoms with Crippen LogP contribution in [0.2, 0.25) is 0 Å². The van der Waals surface area contributed by atoms with Crippen LogP contribution in [0.3, 0.4) is 0 Å². The second-order valence-electron chi connectivity index (χ2n) is 6.53. The molecule has 0 spiro atoms. The van der Waals surface area contributed by atoms with Crippen LogP contribution in [0.5, 0.6) is 0 Å². The van der Waals surface area contributed by atoms with E-state index in [1.807, 2.05) is 30.3 Å². The Balaban J connectivity index is 2.33. The van der Waals surface area contributed by atoms with E-state index in [1.165, 1.54) is 0 Å². The van der Waals surface area contributed by atoms with Gasteiger partial charge in [-0.25, -0.2) is 0 Å². The molecule has 1 amide bonds. The lowest BCUT2D eigenvalue weighted by atomic mass is 9.87. The van der Waals surface area contributed by atoms with E-state index in [-0.39, 0.29) is 11.8 Å². The summed E-state index contributed by atoms with van der Waals surface area (Å²) in [6.45, 7) is 5.91. The molecule has 3 nitrogen and oxygen atoms in total. The van der Waals surface area contributed by atoms with Crippen LogP contribution in [-0.2, 0) is 4.79 Å². The molecular formula is C21H24N2O. The lowest BCUT2D eigenvalue weighted by Crippen LogP contribution is -2.36. The summed E-state index contributed by atoms with van der Waals surface area (Å²) in [4.78, 5) is 12.6. The molecule has 0 aliphatic heterocycles. The van der Waals surface area contributed by atoms with Gasteiger partial charge in [0.2, 0.25) is 5.91 Å². The molecule has 0 saturated carbocycles. The summed E-state index contributed by atoms with van der Waals surface area (Å²) >= 11 is 0. The lowest BCUT2D eigenvalue weighted by molar-refractivity contribution is -0.123. The summed E-state index contributed by atoms with van der Waals surface area (Å²) in [5, 5.41) is 11.7. The van der Waals surface area contributed by atoms with E-state index >= 15 is 0 Å². The van der Waals surface area contributed by atoms with E-state index in [2.05, 4.69) is 49.5 Å². The molecule has 24 heavy (non-hydrogen) atoms. The molecule has 0 aliphatic carbocycles. The SMILES string of the molecule is CC(C)CC(C(=O)N[C@@H](C)C#N)c1cccc(-c2ccccc2)c1. The van der Waals surface area contributed by atoms with Crippen LogP contribution in [0.15, 0.2) is 54.6 Å². The first-order chi connectivity index (χ1) is 11.5. The van der Waals surface area contributed by atoms with Crippen LogP contribution < -0.4 is 5.32 Å². The van der Waals surface area contributed by atoms with Gasteiger partial charge in [-0.05, 0) is 36.0 Å². The summed E-state index contributed by atoms with van der Waals surface area (Å²) in [7, 11) is 0. The molecule has 2 atom stereocenters. The van der Waals surface area contributed by atoms with Crippen molar-refractivity contribution in [3.8, 4) is 17.2 Å². The lowest BCUT2D eigenvalue weighted by Gasteiger charge is -2.20. The van der Waals surface area contributed by atoms with Crippen molar-refractivity contribution in [2.75, 3.05) is 0 Å². The maximum Gasteiger partial charge on any atom is 0.228 e. The van der Waals surface area contributed by atoms with Gasteiger partial charge in [0.05, 0.1) is 12.0 Å². The minimum Gasteiger partial charge on any atom is -0.340 e. The Bertz CT molecular complexity index is 716. The fourth-order valence-corrected chi connectivity index (χ4v) is 2.78. The first-order valence-electron chi connectivity index (χ1n) is 8.36. The average molecular weight is 320 g/mol. The van der Waals surface area contributed by atoms with Gasteiger partial charge < -0.3 is 5.32 Å². The summed E-state index contributed by atoms with van der Waals surface area (Å²) in [6.07, 6.45) is 0.752. The topological polar surface area (TPSA) is 52.9 Å². The minimum atomic E-state index is -0.482. The Kier molecular flexibility index (Phi) is 6.14. The van der Waals surface area contributed by atoms with Crippen molar-refractivity contribution in [3.05, 3.63) is 60.2 Å². The van der Waals surface area contributed by atoms with Gasteiger partial charge in [0.15, 0.2) is 0 Å². The van der Waals surface area contributed by atoms with Crippen LogP contribution in [-0.4, -0.2) is 11.9 Å². The number of amides is 1. The van der Waals surface area contributed by atoms with Crippen molar-refractivity contribution in [2.24, 2.45) is 5.92 Å². The number of nitrogens with zero attached hydrogens (tertiary/aromatic N) is 1. The van der Waals surface area contributed by atoms with Gasteiger partial charge >= 0.3 is 0 Å². The smallest absolute Gasteiger partial charge is 0.228 e. The molecule has 2 aromatic rings. The van der Waals surface area contributed by atoms with E-state index < -0.39 is 6.04 Å². The Hall–Kier alpha value is -2.60. The highest BCUT2D eigenvalue weighted by atomic mass is 16.1. The number of carbonyl (C=O) groups excluding carboxylic acids is 1. The minimum absolute atomic E-state index is 0.0806. The number of nitriles is 1. The Labute approximate surface area is 144 Å². The molecule has 124 valence electrons. The molecule has 1 N–H and O–H groups in total. The number of hydrogen-bond donors (Lipinski definition) is 1. The molecule has 0 heterocycles. The maximum absolute atomic E-state index is 12.6. The molecule has 2 rings (SSSR count). The zero-order chi connectivity index (χ0) is 17.5. The van der Waals surface area contributed by atoms with Crippen molar-refractivity contribution in [2.45, 2.75) is 39.2 Å². The van der Waals surface area contributed by atoms with Crippen LogP contribution in [0.4, 0.5) is 0 Å². The van der Waals surface area contributed by atoms with Crippen molar-refractivity contribution in [1.82, 2.24) is 5.32 Å². The van der Waals surface area contributed by atoms with E-state index in [0.29, 0.717) is 5.92 Å². The largest absolute Gasteiger partial charge is 0.340 e. The van der Waals surface area contributed by atoms with Crippen molar-refractivity contribution < 1.29 is 4.79 Å². The molecule has 0 fully saturated rings. The molecule has 0 aromatic heterocycles. The normalized spacial score (nSPS) is 13.1. The third-order valence-electron chi connectivity index (χ3n) is 3.97. The summed E-state index contributed by atoms with van der Waals surface area (Å²) in [5.41, 5.74) is 3.23. The van der Waals surface area contributed by atoms with Gasteiger partial charge in [0.25, 0.3) is 0 Å². The van der Waals surface area contributed by atoms with Gasteiger partial charge in [0, 0.05) is 0 Å². The molecular weight excluding hydrogens is 296 g/mol.